The summed E-state index contributed by atoms with van der Waals surface area (Å²) in [5, 5.41) is 19.0. The van der Waals surface area contributed by atoms with E-state index in [4.69, 9.17) is 10.8 Å². The highest BCUT2D eigenvalue weighted by Crippen LogP contribution is 2.26. The zero-order chi connectivity index (χ0) is 10.8. The summed E-state index contributed by atoms with van der Waals surface area (Å²) in [6.45, 7) is 0.526. The second-order valence-corrected chi connectivity index (χ2v) is 3.29. The zero-order valence-electron chi connectivity index (χ0n) is 8.14. The van der Waals surface area contributed by atoms with Crippen molar-refractivity contribution < 1.29 is 10.2 Å². The molecule has 5 nitrogen and oxygen atoms in total. The molecule has 0 aliphatic carbocycles. The molecule has 1 aromatic heterocycles. The number of aliphatic hydroxyl groups is 1. The van der Waals surface area contributed by atoms with Crippen LogP contribution in [0, 0.1) is 0 Å². The van der Waals surface area contributed by atoms with Crippen LogP contribution in [0.2, 0.25) is 0 Å². The normalized spacial score (nSPS) is 10.7. The van der Waals surface area contributed by atoms with Crippen LogP contribution in [-0.2, 0) is 0 Å². The van der Waals surface area contributed by atoms with E-state index in [1.54, 1.807) is 16.8 Å². The van der Waals surface area contributed by atoms with E-state index in [-0.39, 0.29) is 12.4 Å². The van der Waals surface area contributed by atoms with Crippen molar-refractivity contribution in [3.05, 3.63) is 24.4 Å². The number of phenolic OH excluding ortho intramolecular Hbond substituents is 1. The number of aromatic nitrogens is 1. The first-order chi connectivity index (χ1) is 7.22. The molecule has 0 saturated carbocycles. The monoisotopic (exact) mass is 207 g/mol. The average Bonchev–Trinajstić information content (AvgIpc) is 2.59. The van der Waals surface area contributed by atoms with Crippen LogP contribution in [0.1, 0.15) is 0 Å². The van der Waals surface area contributed by atoms with Crippen molar-refractivity contribution in [1.29, 1.82) is 0 Å². The number of benzene rings is 1. The molecule has 0 aliphatic rings. The lowest BCUT2D eigenvalue weighted by Gasteiger charge is -2.08. The lowest BCUT2D eigenvalue weighted by atomic mass is 10.2. The van der Waals surface area contributed by atoms with Gasteiger partial charge >= 0.3 is 0 Å². The summed E-state index contributed by atoms with van der Waals surface area (Å²) in [5.74, 6) is 0.0856. The summed E-state index contributed by atoms with van der Waals surface area (Å²) in [4.78, 5) is 0. The molecule has 0 radical (unpaired) electrons. The van der Waals surface area contributed by atoms with Gasteiger partial charge in [0.1, 0.15) is 5.75 Å². The molecule has 15 heavy (non-hydrogen) atoms. The Morgan fingerprint density at radius 1 is 1.40 bits per heavy atom. The van der Waals surface area contributed by atoms with Crippen molar-refractivity contribution in [3.63, 3.8) is 0 Å². The van der Waals surface area contributed by atoms with Crippen LogP contribution in [0.15, 0.2) is 24.4 Å². The van der Waals surface area contributed by atoms with E-state index in [1.165, 1.54) is 0 Å². The smallest absolute Gasteiger partial charge is 0.139 e. The van der Waals surface area contributed by atoms with E-state index in [0.29, 0.717) is 12.2 Å². The SMILES string of the molecule is Nc1cc2c(ccn2NCCO)cc1O. The van der Waals surface area contributed by atoms with E-state index in [9.17, 15) is 5.11 Å². The summed E-state index contributed by atoms with van der Waals surface area (Å²) in [5.41, 5.74) is 9.81. The first kappa shape index (κ1) is 9.67. The second-order valence-electron chi connectivity index (χ2n) is 3.29. The number of anilines is 1. The predicted molar refractivity (Wildman–Crippen MR) is 59.3 cm³/mol. The van der Waals surface area contributed by atoms with Gasteiger partial charge in [-0.2, -0.15) is 0 Å². The summed E-state index contributed by atoms with van der Waals surface area (Å²) < 4.78 is 1.77. The summed E-state index contributed by atoms with van der Waals surface area (Å²) in [6.07, 6.45) is 1.82. The fraction of sp³-hybridized carbons (Fsp3) is 0.200. The molecule has 0 atom stereocenters. The lowest BCUT2D eigenvalue weighted by molar-refractivity contribution is 0.307. The Bertz CT molecular complexity index is 479. The van der Waals surface area contributed by atoms with Gasteiger partial charge in [0.15, 0.2) is 0 Å². The Labute approximate surface area is 86.7 Å². The maximum absolute atomic E-state index is 9.41. The second kappa shape index (κ2) is 3.70. The topological polar surface area (TPSA) is 83.4 Å². The van der Waals surface area contributed by atoms with Gasteiger partial charge in [-0.05, 0) is 18.2 Å². The van der Waals surface area contributed by atoms with Gasteiger partial charge in [0.2, 0.25) is 0 Å². The molecule has 80 valence electrons. The molecule has 0 saturated heterocycles. The standard InChI is InChI=1S/C10H13N3O2/c11-8-6-9-7(5-10(8)15)1-3-13(9)12-2-4-14/h1,3,5-6,12,14-15H,2,4,11H2. The quantitative estimate of drug-likeness (QED) is 0.435. The van der Waals surface area contributed by atoms with Gasteiger partial charge in [-0.1, -0.05) is 0 Å². The minimum absolute atomic E-state index is 0.0627. The van der Waals surface area contributed by atoms with Crippen LogP contribution in [0.3, 0.4) is 0 Å². The highest BCUT2D eigenvalue weighted by molar-refractivity contribution is 5.86. The minimum Gasteiger partial charge on any atom is -0.506 e. The number of nitrogens with zero attached hydrogens (tertiary/aromatic N) is 1. The Morgan fingerprint density at radius 2 is 2.20 bits per heavy atom. The van der Waals surface area contributed by atoms with Gasteiger partial charge in [0.25, 0.3) is 0 Å². The summed E-state index contributed by atoms with van der Waals surface area (Å²) in [6, 6.07) is 5.16. The average molecular weight is 207 g/mol. The number of hydrogen-bond donors (Lipinski definition) is 4. The molecular weight excluding hydrogens is 194 g/mol. The number of nitrogens with two attached hydrogens (primary N) is 1. The highest BCUT2D eigenvalue weighted by Gasteiger charge is 2.04. The number of aliphatic hydroxyl groups excluding tert-OH is 1. The van der Waals surface area contributed by atoms with E-state index in [2.05, 4.69) is 5.43 Å². The molecule has 5 N–H and O–H groups in total. The Balaban J connectivity index is 2.45. The maximum Gasteiger partial charge on any atom is 0.139 e. The van der Waals surface area contributed by atoms with Crippen molar-refractivity contribution >= 4 is 16.6 Å². The van der Waals surface area contributed by atoms with Gasteiger partial charge in [-0.15, -0.1) is 0 Å². The number of fused-ring (bicyclic) bond motifs is 1. The van der Waals surface area contributed by atoms with Crippen LogP contribution in [-0.4, -0.2) is 28.0 Å². The maximum atomic E-state index is 9.41. The van der Waals surface area contributed by atoms with Crippen molar-refractivity contribution in [2.24, 2.45) is 0 Å². The highest BCUT2D eigenvalue weighted by atomic mass is 16.3. The Morgan fingerprint density at radius 3 is 2.93 bits per heavy atom. The molecule has 1 heterocycles. The third kappa shape index (κ3) is 1.69. The molecule has 0 spiro atoms. The van der Waals surface area contributed by atoms with Crippen LogP contribution in [0.25, 0.3) is 10.9 Å². The van der Waals surface area contributed by atoms with Crippen LogP contribution in [0.4, 0.5) is 5.69 Å². The molecule has 0 aliphatic heterocycles. The number of hydrogen-bond acceptors (Lipinski definition) is 4. The molecule has 2 aromatic rings. The number of rotatable bonds is 3. The van der Waals surface area contributed by atoms with Crippen LogP contribution >= 0.6 is 0 Å². The summed E-state index contributed by atoms with van der Waals surface area (Å²) >= 11 is 0. The number of aromatic hydroxyl groups is 1. The fourth-order valence-electron chi connectivity index (χ4n) is 1.49. The number of nitrogen functional groups attached to an aromatic ring is 1. The van der Waals surface area contributed by atoms with Crippen molar-refractivity contribution in [1.82, 2.24) is 4.68 Å². The number of nitrogens with one attached hydrogen (secondary N) is 1. The van der Waals surface area contributed by atoms with Crippen molar-refractivity contribution in [2.45, 2.75) is 0 Å². The van der Waals surface area contributed by atoms with E-state index < -0.39 is 0 Å². The first-order valence-corrected chi connectivity index (χ1v) is 4.66. The van der Waals surface area contributed by atoms with E-state index in [1.807, 2.05) is 12.3 Å². The third-order valence-corrected chi connectivity index (χ3v) is 2.23. The Hall–Kier alpha value is -1.88. The molecule has 2 rings (SSSR count). The van der Waals surface area contributed by atoms with Gasteiger partial charge in [-0.3, -0.25) is 4.68 Å². The summed E-state index contributed by atoms with van der Waals surface area (Å²) in [7, 11) is 0. The lowest BCUT2D eigenvalue weighted by Crippen LogP contribution is -2.17. The zero-order valence-corrected chi connectivity index (χ0v) is 8.14. The molecule has 0 bridgehead atoms. The van der Waals surface area contributed by atoms with E-state index >= 15 is 0 Å². The molecule has 0 amide bonds. The molecule has 5 heteroatoms. The molecule has 0 fully saturated rings. The van der Waals surface area contributed by atoms with Gasteiger partial charge in [0.05, 0.1) is 24.4 Å². The van der Waals surface area contributed by atoms with Crippen LogP contribution < -0.4 is 11.2 Å². The molecule has 0 unspecified atom stereocenters. The van der Waals surface area contributed by atoms with Gasteiger partial charge in [-0.25, -0.2) is 0 Å². The van der Waals surface area contributed by atoms with Crippen molar-refractivity contribution in [2.75, 3.05) is 24.3 Å². The van der Waals surface area contributed by atoms with Gasteiger partial charge in [0, 0.05) is 11.6 Å². The fourth-order valence-corrected chi connectivity index (χ4v) is 1.49. The predicted octanol–water partition coefficient (Wildman–Crippen LogP) is 0.465. The third-order valence-electron chi connectivity index (χ3n) is 2.23. The molecular formula is C10H13N3O2. The molecule has 1 aromatic carbocycles. The van der Waals surface area contributed by atoms with Gasteiger partial charge < -0.3 is 21.4 Å². The van der Waals surface area contributed by atoms with E-state index in [0.717, 1.165) is 10.9 Å². The van der Waals surface area contributed by atoms with Crippen LogP contribution in [0.5, 0.6) is 5.75 Å². The first-order valence-electron chi connectivity index (χ1n) is 4.66. The Kier molecular flexibility index (Phi) is 2.39. The number of phenols is 1. The van der Waals surface area contributed by atoms with Crippen molar-refractivity contribution in [3.8, 4) is 5.75 Å². The largest absolute Gasteiger partial charge is 0.506 e. The minimum atomic E-state index is 0.0627.